The van der Waals surface area contributed by atoms with Gasteiger partial charge in [0.05, 0.1) is 23.7 Å². The molecule has 1 aromatic heterocycles. The maximum atomic E-state index is 13.4. The van der Waals surface area contributed by atoms with Crippen LogP contribution in [0.4, 0.5) is 8.78 Å². The van der Waals surface area contributed by atoms with E-state index in [0.717, 1.165) is 12.3 Å². The van der Waals surface area contributed by atoms with Crippen molar-refractivity contribution in [2.45, 2.75) is 31.5 Å². The van der Waals surface area contributed by atoms with Crippen LogP contribution in [0.25, 0.3) is 0 Å². The number of aliphatic hydroxyl groups is 1. The largest absolute Gasteiger partial charge is 0.484 e. The molecule has 1 aromatic carbocycles. The fourth-order valence-electron chi connectivity index (χ4n) is 2.59. The van der Waals surface area contributed by atoms with Gasteiger partial charge < -0.3 is 20.5 Å². The monoisotopic (exact) mass is 453 g/mol. The first-order valence-corrected chi connectivity index (χ1v) is 9.68. The minimum absolute atomic E-state index is 0.0414. The van der Waals surface area contributed by atoms with Crippen LogP contribution >= 0.6 is 11.6 Å². The summed E-state index contributed by atoms with van der Waals surface area (Å²) < 4.78 is 31.7. The van der Waals surface area contributed by atoms with E-state index < -0.39 is 35.6 Å². The Bertz CT molecular complexity index is 929. The third-order valence-electron chi connectivity index (χ3n) is 4.09. The second-order valence-electron chi connectivity index (χ2n) is 6.66. The first kappa shape index (κ1) is 24.2. The quantitative estimate of drug-likeness (QED) is 0.454. The highest BCUT2D eigenvalue weighted by molar-refractivity contribution is 6.30. The van der Waals surface area contributed by atoms with Gasteiger partial charge in [-0.3, -0.25) is 14.6 Å². The van der Waals surface area contributed by atoms with E-state index in [1.165, 1.54) is 30.5 Å². The maximum Gasteiger partial charge on any atom is 0.258 e. The Balaban J connectivity index is 1.73. The van der Waals surface area contributed by atoms with Gasteiger partial charge >= 0.3 is 0 Å². The average molecular weight is 454 g/mol. The highest BCUT2D eigenvalue weighted by Gasteiger charge is 2.17. The lowest BCUT2D eigenvalue weighted by molar-refractivity contribution is -0.123. The number of amides is 2. The number of hydrogen-bond donors (Lipinski definition) is 3. The van der Waals surface area contributed by atoms with E-state index in [1.54, 1.807) is 0 Å². The van der Waals surface area contributed by atoms with Crippen molar-refractivity contribution in [1.29, 1.82) is 0 Å². The molecule has 2 rings (SSSR count). The van der Waals surface area contributed by atoms with Gasteiger partial charge in [0.15, 0.2) is 6.61 Å². The molecule has 0 saturated carbocycles. The predicted octanol–water partition coefficient (Wildman–Crippen LogP) is 2.52. The maximum absolute atomic E-state index is 13.4. The molecule has 7 nitrogen and oxygen atoms in total. The van der Waals surface area contributed by atoms with Crippen LogP contribution in [-0.2, 0) is 16.1 Å². The molecule has 0 fully saturated rings. The smallest absolute Gasteiger partial charge is 0.258 e. The van der Waals surface area contributed by atoms with Crippen LogP contribution in [0.2, 0.25) is 5.02 Å². The molecular weight excluding hydrogens is 432 g/mol. The minimum atomic E-state index is -1.06. The fraction of sp³-hybridized carbons (Fsp3) is 0.286. The molecule has 2 atom stereocenters. The van der Waals surface area contributed by atoms with E-state index >= 15 is 0 Å². The highest BCUT2D eigenvalue weighted by atomic mass is 35.5. The number of nitrogens with one attached hydrogen (secondary N) is 2. The molecule has 166 valence electrons. The zero-order valence-corrected chi connectivity index (χ0v) is 17.2. The molecule has 2 unspecified atom stereocenters. The second-order valence-corrected chi connectivity index (χ2v) is 7.06. The Labute approximate surface area is 183 Å². The third kappa shape index (κ3) is 8.69. The van der Waals surface area contributed by atoms with Crippen molar-refractivity contribution in [3.8, 4) is 5.75 Å². The van der Waals surface area contributed by atoms with Crippen molar-refractivity contribution < 1.29 is 28.2 Å². The lowest BCUT2D eigenvalue weighted by Gasteiger charge is -2.18. The molecule has 0 saturated heterocycles. The summed E-state index contributed by atoms with van der Waals surface area (Å²) in [7, 11) is 0. The Morgan fingerprint density at radius 1 is 1.26 bits per heavy atom. The van der Waals surface area contributed by atoms with Crippen LogP contribution in [0.5, 0.6) is 5.75 Å². The number of pyridine rings is 1. The molecular formula is C21H22ClF2N3O4. The van der Waals surface area contributed by atoms with Gasteiger partial charge in [-0.25, -0.2) is 8.78 Å². The van der Waals surface area contributed by atoms with Crippen molar-refractivity contribution in [1.82, 2.24) is 15.6 Å². The molecule has 2 aromatic rings. The first-order valence-electron chi connectivity index (χ1n) is 9.30. The molecule has 10 heteroatoms. The molecule has 0 spiro atoms. The Kier molecular flexibility index (Phi) is 9.36. The molecule has 0 bridgehead atoms. The topological polar surface area (TPSA) is 101 Å². The first-order chi connectivity index (χ1) is 14.8. The van der Waals surface area contributed by atoms with E-state index in [2.05, 4.69) is 22.2 Å². The summed E-state index contributed by atoms with van der Waals surface area (Å²) in [6, 6.07) is 4.42. The summed E-state index contributed by atoms with van der Waals surface area (Å²) in [4.78, 5) is 27.7. The van der Waals surface area contributed by atoms with Gasteiger partial charge in [0.25, 0.3) is 5.91 Å². The van der Waals surface area contributed by atoms with Crippen LogP contribution in [0.15, 0.2) is 49.3 Å². The van der Waals surface area contributed by atoms with Crippen LogP contribution in [0.1, 0.15) is 18.4 Å². The summed E-state index contributed by atoms with van der Waals surface area (Å²) >= 11 is 5.58. The summed E-state index contributed by atoms with van der Waals surface area (Å²) in [5.41, 5.74) is 0.486. The normalized spacial score (nSPS) is 12.5. The van der Waals surface area contributed by atoms with Crippen LogP contribution in [0, 0.1) is 11.6 Å². The molecule has 1 heterocycles. The van der Waals surface area contributed by atoms with E-state index in [9.17, 15) is 23.5 Å². The van der Waals surface area contributed by atoms with Gasteiger partial charge in [0, 0.05) is 24.8 Å². The Morgan fingerprint density at radius 2 is 2.03 bits per heavy atom. The SMILES string of the molecule is C=CC(CC(O)CC(=O)NCc1cncc(F)c1)NC(=O)COc1ccc(Cl)c(F)c1. The van der Waals surface area contributed by atoms with Crippen molar-refractivity contribution in [3.63, 3.8) is 0 Å². The lowest BCUT2D eigenvalue weighted by atomic mass is 10.1. The number of aromatic nitrogens is 1. The van der Waals surface area contributed by atoms with Crippen LogP contribution in [-0.4, -0.2) is 40.7 Å². The second kappa shape index (κ2) is 12.0. The van der Waals surface area contributed by atoms with E-state index in [1.807, 2.05) is 0 Å². The minimum Gasteiger partial charge on any atom is -0.484 e. The summed E-state index contributed by atoms with van der Waals surface area (Å²) in [5.74, 6) is -2.01. The van der Waals surface area contributed by atoms with Crippen molar-refractivity contribution >= 4 is 23.4 Å². The Hall–Kier alpha value is -3.04. The Morgan fingerprint density at radius 3 is 2.71 bits per heavy atom. The number of benzene rings is 1. The number of nitrogens with zero attached hydrogens (tertiary/aromatic N) is 1. The van der Waals surface area contributed by atoms with Crippen molar-refractivity contribution in [3.05, 3.63) is 71.5 Å². The van der Waals surface area contributed by atoms with Gasteiger partial charge in [-0.15, -0.1) is 6.58 Å². The number of ether oxygens (including phenoxy) is 1. The predicted molar refractivity (Wildman–Crippen MR) is 110 cm³/mol. The molecule has 3 N–H and O–H groups in total. The summed E-state index contributed by atoms with van der Waals surface area (Å²) in [6.07, 6.45) is 2.66. The third-order valence-corrected chi connectivity index (χ3v) is 4.40. The molecule has 31 heavy (non-hydrogen) atoms. The van der Waals surface area contributed by atoms with Crippen molar-refractivity contribution in [2.24, 2.45) is 0 Å². The molecule has 0 radical (unpaired) electrons. The van der Waals surface area contributed by atoms with Gasteiger partial charge in [0.1, 0.15) is 17.4 Å². The molecule has 0 aliphatic heterocycles. The van der Waals surface area contributed by atoms with Crippen LogP contribution in [0.3, 0.4) is 0 Å². The van der Waals surface area contributed by atoms with Gasteiger partial charge in [-0.2, -0.15) is 0 Å². The van der Waals surface area contributed by atoms with Gasteiger partial charge in [0.2, 0.25) is 5.91 Å². The number of aliphatic hydroxyl groups excluding tert-OH is 1. The average Bonchev–Trinajstić information content (AvgIpc) is 2.72. The molecule has 0 aliphatic rings. The van der Waals surface area contributed by atoms with E-state index in [0.29, 0.717) is 5.56 Å². The van der Waals surface area contributed by atoms with Crippen molar-refractivity contribution in [2.75, 3.05) is 6.61 Å². The summed E-state index contributed by atoms with van der Waals surface area (Å²) in [6.45, 7) is 3.28. The number of halogens is 3. The highest BCUT2D eigenvalue weighted by Crippen LogP contribution is 2.20. The standard InChI is InChI=1S/C21H22ClF2N3O4/c1-2-15(27-21(30)12-31-17-3-4-18(22)19(24)8-17)6-16(28)7-20(29)26-10-13-5-14(23)11-25-9-13/h2-5,8-9,11,15-16,28H,1,6-7,10,12H2,(H,26,29)(H,27,30). The number of carbonyl (C=O) groups excluding carboxylic acids is 2. The van der Waals surface area contributed by atoms with E-state index in [4.69, 9.17) is 16.3 Å². The number of hydrogen-bond acceptors (Lipinski definition) is 5. The fourth-order valence-corrected chi connectivity index (χ4v) is 2.71. The van der Waals surface area contributed by atoms with Gasteiger partial charge in [-0.05, 0) is 30.2 Å². The lowest BCUT2D eigenvalue weighted by Crippen LogP contribution is -2.39. The summed E-state index contributed by atoms with van der Waals surface area (Å²) in [5, 5.41) is 15.2. The number of carbonyl (C=O) groups is 2. The van der Waals surface area contributed by atoms with Crippen LogP contribution < -0.4 is 15.4 Å². The zero-order valence-electron chi connectivity index (χ0n) is 16.5. The number of rotatable bonds is 11. The van der Waals surface area contributed by atoms with Gasteiger partial charge in [-0.1, -0.05) is 17.7 Å². The molecule has 0 aliphatic carbocycles. The molecule has 2 amide bonds. The zero-order chi connectivity index (χ0) is 22.8. The van der Waals surface area contributed by atoms with E-state index in [-0.39, 0.29) is 36.8 Å².